The summed E-state index contributed by atoms with van der Waals surface area (Å²) in [5.41, 5.74) is 0.936. The number of carbonyl (C=O) groups excluding carboxylic acids is 1. The maximum atomic E-state index is 13.6. The summed E-state index contributed by atoms with van der Waals surface area (Å²) in [5.74, 6) is -0.363. The fourth-order valence-corrected chi connectivity index (χ4v) is 6.22. The van der Waals surface area contributed by atoms with Gasteiger partial charge < -0.3 is 5.32 Å². The van der Waals surface area contributed by atoms with Gasteiger partial charge in [-0.1, -0.05) is 43.5 Å². The third-order valence-electron chi connectivity index (χ3n) is 6.29. The number of halogens is 4. The highest BCUT2D eigenvalue weighted by Gasteiger charge is 2.36. The summed E-state index contributed by atoms with van der Waals surface area (Å²) >= 11 is 5.95. The Balaban J connectivity index is 1.77. The van der Waals surface area contributed by atoms with E-state index in [2.05, 4.69) is 17.0 Å². The maximum Gasteiger partial charge on any atom is 0.522 e. The van der Waals surface area contributed by atoms with Gasteiger partial charge in [-0.2, -0.15) is 4.31 Å². The van der Waals surface area contributed by atoms with Gasteiger partial charge in [0.2, 0.25) is 10.0 Å². The standard InChI is InChI=1S/C25H30ClF3N2O4S/c1-17-5-3-4-6-23(17)31(36(33,34)22-13-11-21(26)12-14-22)15-19-7-9-20(10-8-19)24(32)30-18(2)16-35-25(27,28)29/h7-14,17-18,23H,3-6,15-16H2,1-2H3,(H,30,32). The molecule has 1 saturated carbocycles. The van der Waals surface area contributed by atoms with E-state index in [1.165, 1.54) is 35.5 Å². The number of nitrogens with zero attached hydrogens (tertiary/aromatic N) is 1. The minimum absolute atomic E-state index is 0.123. The van der Waals surface area contributed by atoms with Crippen molar-refractivity contribution in [2.75, 3.05) is 6.61 Å². The van der Waals surface area contributed by atoms with E-state index in [9.17, 15) is 26.4 Å². The van der Waals surface area contributed by atoms with Crippen molar-refractivity contribution >= 4 is 27.5 Å². The van der Waals surface area contributed by atoms with E-state index >= 15 is 0 Å². The van der Waals surface area contributed by atoms with Crippen molar-refractivity contribution in [3.8, 4) is 0 Å². The van der Waals surface area contributed by atoms with Crippen molar-refractivity contribution in [2.24, 2.45) is 5.92 Å². The summed E-state index contributed by atoms with van der Waals surface area (Å²) in [7, 11) is -3.82. The Labute approximate surface area is 214 Å². The van der Waals surface area contributed by atoms with E-state index in [0.717, 1.165) is 25.7 Å². The Morgan fingerprint density at radius 1 is 1.11 bits per heavy atom. The first-order chi connectivity index (χ1) is 16.9. The SMILES string of the molecule is CC(COC(F)(F)F)NC(=O)c1ccc(CN(C2CCCCC2C)S(=O)(=O)c2ccc(Cl)cc2)cc1. The van der Waals surface area contributed by atoms with E-state index in [-0.39, 0.29) is 29.0 Å². The Morgan fingerprint density at radius 2 is 1.72 bits per heavy atom. The second-order valence-corrected chi connectivity index (χ2v) is 11.5. The molecule has 0 aromatic heterocycles. The van der Waals surface area contributed by atoms with Crippen LogP contribution in [-0.2, 0) is 21.3 Å². The van der Waals surface area contributed by atoms with Crippen molar-refractivity contribution in [1.82, 2.24) is 9.62 Å². The van der Waals surface area contributed by atoms with Gasteiger partial charge in [0.1, 0.15) is 0 Å². The normalized spacial score (nSPS) is 19.8. The van der Waals surface area contributed by atoms with Crippen LogP contribution in [0.3, 0.4) is 0 Å². The molecule has 3 unspecified atom stereocenters. The lowest BCUT2D eigenvalue weighted by atomic mass is 9.86. The van der Waals surface area contributed by atoms with Crippen LogP contribution in [0.4, 0.5) is 13.2 Å². The smallest absolute Gasteiger partial charge is 0.347 e. The monoisotopic (exact) mass is 546 g/mol. The van der Waals surface area contributed by atoms with Crippen molar-refractivity contribution in [1.29, 1.82) is 0 Å². The Hall–Kier alpha value is -2.14. The van der Waals surface area contributed by atoms with Crippen LogP contribution in [0, 0.1) is 5.92 Å². The van der Waals surface area contributed by atoms with Crippen LogP contribution in [0.1, 0.15) is 55.5 Å². The first-order valence-electron chi connectivity index (χ1n) is 11.7. The molecule has 1 N–H and O–H groups in total. The van der Waals surface area contributed by atoms with Gasteiger partial charge in [-0.15, -0.1) is 13.2 Å². The molecule has 2 aromatic carbocycles. The average Bonchev–Trinajstić information content (AvgIpc) is 2.82. The molecule has 0 bridgehead atoms. The van der Waals surface area contributed by atoms with Crippen LogP contribution in [0.25, 0.3) is 0 Å². The number of amides is 1. The van der Waals surface area contributed by atoms with Crippen LogP contribution < -0.4 is 5.32 Å². The zero-order valence-electron chi connectivity index (χ0n) is 20.1. The lowest BCUT2D eigenvalue weighted by Gasteiger charge is -2.37. The first-order valence-corrected chi connectivity index (χ1v) is 13.6. The van der Waals surface area contributed by atoms with Crippen molar-refractivity contribution in [3.63, 3.8) is 0 Å². The van der Waals surface area contributed by atoms with E-state index in [0.29, 0.717) is 10.6 Å². The molecule has 3 atom stereocenters. The highest BCUT2D eigenvalue weighted by Crippen LogP contribution is 2.33. The molecule has 3 rings (SSSR count). The van der Waals surface area contributed by atoms with Crippen molar-refractivity contribution < 1.29 is 31.1 Å². The molecule has 1 fully saturated rings. The number of ether oxygens (including phenoxy) is 1. The zero-order chi connectivity index (χ0) is 26.5. The number of carbonyl (C=O) groups is 1. The average molecular weight is 547 g/mol. The van der Waals surface area contributed by atoms with Crippen LogP contribution in [-0.4, -0.2) is 43.7 Å². The number of benzene rings is 2. The predicted molar refractivity (Wildman–Crippen MR) is 131 cm³/mol. The van der Waals surface area contributed by atoms with Gasteiger partial charge in [-0.3, -0.25) is 9.53 Å². The van der Waals surface area contributed by atoms with Crippen LogP contribution in [0.15, 0.2) is 53.4 Å². The largest absolute Gasteiger partial charge is 0.522 e. The van der Waals surface area contributed by atoms with Gasteiger partial charge in [-0.25, -0.2) is 8.42 Å². The van der Waals surface area contributed by atoms with Gasteiger partial charge >= 0.3 is 6.36 Å². The third kappa shape index (κ3) is 7.68. The lowest BCUT2D eigenvalue weighted by Crippen LogP contribution is -2.44. The Morgan fingerprint density at radius 3 is 2.31 bits per heavy atom. The number of alkyl halides is 3. The zero-order valence-corrected chi connectivity index (χ0v) is 21.7. The van der Waals surface area contributed by atoms with Gasteiger partial charge in [0.25, 0.3) is 5.91 Å². The van der Waals surface area contributed by atoms with Gasteiger partial charge in [0, 0.05) is 23.2 Å². The second kappa shape index (κ2) is 11.9. The number of nitrogens with one attached hydrogen (secondary N) is 1. The Kier molecular flexibility index (Phi) is 9.43. The molecule has 0 radical (unpaired) electrons. The number of hydrogen-bond donors (Lipinski definition) is 1. The first kappa shape index (κ1) is 28.4. The third-order valence-corrected chi connectivity index (χ3v) is 8.42. The molecule has 1 aliphatic rings. The summed E-state index contributed by atoms with van der Waals surface area (Å²) in [6.07, 6.45) is -1.08. The van der Waals surface area contributed by atoms with E-state index in [1.54, 1.807) is 24.3 Å². The molecule has 11 heteroatoms. The number of rotatable bonds is 9. The fraction of sp³-hybridized carbons (Fsp3) is 0.480. The maximum absolute atomic E-state index is 13.6. The van der Waals surface area contributed by atoms with Crippen molar-refractivity contribution in [3.05, 3.63) is 64.7 Å². The van der Waals surface area contributed by atoms with Crippen LogP contribution >= 0.6 is 11.6 Å². The summed E-state index contributed by atoms with van der Waals surface area (Å²) in [6, 6.07) is 11.4. The number of sulfonamides is 1. The van der Waals surface area contributed by atoms with Crippen molar-refractivity contribution in [2.45, 2.75) is 69.4 Å². The van der Waals surface area contributed by atoms with E-state index in [1.807, 2.05) is 0 Å². The molecule has 0 spiro atoms. The Bertz CT molecular complexity index is 1130. The molecular formula is C25H30ClF3N2O4S. The van der Waals surface area contributed by atoms with E-state index in [4.69, 9.17) is 11.6 Å². The van der Waals surface area contributed by atoms with E-state index < -0.39 is 34.9 Å². The predicted octanol–water partition coefficient (Wildman–Crippen LogP) is 5.76. The molecule has 6 nitrogen and oxygen atoms in total. The lowest BCUT2D eigenvalue weighted by molar-refractivity contribution is -0.325. The molecule has 198 valence electrons. The molecule has 1 aliphatic carbocycles. The minimum atomic E-state index is -4.77. The molecule has 2 aromatic rings. The van der Waals surface area contributed by atoms with Crippen LogP contribution in [0.2, 0.25) is 5.02 Å². The summed E-state index contributed by atoms with van der Waals surface area (Å²) in [5, 5.41) is 2.90. The fourth-order valence-electron chi connectivity index (χ4n) is 4.36. The molecule has 1 amide bonds. The van der Waals surface area contributed by atoms with Gasteiger partial charge in [-0.05, 0) is 67.6 Å². The molecule has 0 heterocycles. The number of hydrogen-bond acceptors (Lipinski definition) is 4. The summed E-state index contributed by atoms with van der Waals surface area (Å²) < 4.78 is 69.2. The topological polar surface area (TPSA) is 75.7 Å². The molecule has 0 saturated heterocycles. The second-order valence-electron chi connectivity index (χ2n) is 9.16. The molecular weight excluding hydrogens is 517 g/mol. The summed E-state index contributed by atoms with van der Waals surface area (Å²) in [6.45, 7) is 2.89. The summed E-state index contributed by atoms with van der Waals surface area (Å²) in [4.78, 5) is 12.6. The highest BCUT2D eigenvalue weighted by atomic mass is 35.5. The minimum Gasteiger partial charge on any atom is -0.347 e. The quantitative estimate of drug-likeness (QED) is 0.433. The van der Waals surface area contributed by atoms with Gasteiger partial charge in [0.05, 0.1) is 17.5 Å². The molecule has 0 aliphatic heterocycles. The molecule has 36 heavy (non-hydrogen) atoms. The van der Waals surface area contributed by atoms with Gasteiger partial charge in [0.15, 0.2) is 0 Å². The highest BCUT2D eigenvalue weighted by molar-refractivity contribution is 7.89. The van der Waals surface area contributed by atoms with Crippen LogP contribution in [0.5, 0.6) is 0 Å².